The number of benzene rings is 3. The molecule has 1 aromatic heterocycles. The molecule has 31 heavy (non-hydrogen) atoms. The number of hydrogen-bond donors (Lipinski definition) is 1. The lowest BCUT2D eigenvalue weighted by Gasteiger charge is -2.07. The number of anilines is 1. The number of rotatable bonds is 8. The highest BCUT2D eigenvalue weighted by atomic mass is 32.1. The van der Waals surface area contributed by atoms with Crippen LogP contribution in [0.2, 0.25) is 0 Å². The molecule has 3 aromatic carbocycles. The summed E-state index contributed by atoms with van der Waals surface area (Å²) in [6.07, 6.45) is 1.08. The van der Waals surface area contributed by atoms with Crippen LogP contribution in [-0.4, -0.2) is 17.5 Å². The van der Waals surface area contributed by atoms with E-state index in [1.54, 1.807) is 11.3 Å². The molecular weight excluding hydrogens is 404 g/mol. The molecule has 4 aromatic rings. The van der Waals surface area contributed by atoms with E-state index in [1.165, 1.54) is 11.1 Å². The summed E-state index contributed by atoms with van der Waals surface area (Å²) in [5.74, 6) is 0.811. The van der Waals surface area contributed by atoms with Gasteiger partial charge in [-0.05, 0) is 43.2 Å². The zero-order chi connectivity index (χ0) is 21.5. The molecule has 4 nitrogen and oxygen atoms in total. The van der Waals surface area contributed by atoms with Crippen molar-refractivity contribution in [3.63, 3.8) is 0 Å². The summed E-state index contributed by atoms with van der Waals surface area (Å²) in [4.78, 5) is 17.0. The molecule has 1 heterocycles. The molecule has 0 saturated carbocycles. The number of carbonyl (C=O) groups is 1. The van der Waals surface area contributed by atoms with Gasteiger partial charge in [0.25, 0.3) is 0 Å². The first-order valence-corrected chi connectivity index (χ1v) is 11.2. The van der Waals surface area contributed by atoms with Crippen LogP contribution in [-0.2, 0) is 4.79 Å². The maximum atomic E-state index is 12.2. The molecule has 0 atom stereocenters. The van der Waals surface area contributed by atoms with Crippen molar-refractivity contribution in [1.29, 1.82) is 0 Å². The number of para-hydroxylation sites is 1. The van der Waals surface area contributed by atoms with E-state index in [2.05, 4.69) is 29.8 Å². The Kier molecular flexibility index (Phi) is 6.75. The van der Waals surface area contributed by atoms with Crippen LogP contribution in [0.15, 0.2) is 84.2 Å². The number of hydrogen-bond acceptors (Lipinski definition) is 4. The first-order valence-electron chi connectivity index (χ1n) is 10.3. The summed E-state index contributed by atoms with van der Waals surface area (Å²) in [6, 6.07) is 25.7. The number of ether oxygens (including phenoxy) is 1. The third kappa shape index (κ3) is 5.58. The molecule has 5 heteroatoms. The molecule has 4 rings (SSSR count). The second-order valence-electron chi connectivity index (χ2n) is 7.24. The normalized spacial score (nSPS) is 10.6. The Morgan fingerprint density at radius 2 is 1.71 bits per heavy atom. The van der Waals surface area contributed by atoms with E-state index in [-0.39, 0.29) is 5.91 Å². The molecular formula is C26H24N2O2S. The predicted molar refractivity (Wildman–Crippen MR) is 128 cm³/mol. The lowest BCUT2D eigenvalue weighted by molar-refractivity contribution is -0.116. The molecule has 0 radical (unpaired) electrons. The third-order valence-corrected chi connectivity index (χ3v) is 5.78. The van der Waals surface area contributed by atoms with Crippen LogP contribution in [0.3, 0.4) is 0 Å². The zero-order valence-corrected chi connectivity index (χ0v) is 18.2. The third-order valence-electron chi connectivity index (χ3n) is 4.90. The molecule has 0 aliphatic rings. The van der Waals surface area contributed by atoms with Gasteiger partial charge in [0.15, 0.2) is 0 Å². The standard InChI is InChI=1S/C26H24N2O2S/c1-19-8-5-6-11-23(19)26-28-24(18-31-26)20-13-15-21(16-14-20)27-25(29)12-7-17-30-22-9-3-2-4-10-22/h2-6,8-11,13-16,18H,7,12,17H2,1H3,(H,27,29). The Balaban J connectivity index is 1.29. The van der Waals surface area contributed by atoms with Crippen LogP contribution < -0.4 is 10.1 Å². The summed E-state index contributed by atoms with van der Waals surface area (Å²) >= 11 is 1.64. The van der Waals surface area contributed by atoms with E-state index in [0.29, 0.717) is 19.4 Å². The highest BCUT2D eigenvalue weighted by Gasteiger charge is 2.09. The van der Waals surface area contributed by atoms with Crippen LogP contribution >= 0.6 is 11.3 Å². The average molecular weight is 429 g/mol. The zero-order valence-electron chi connectivity index (χ0n) is 17.4. The first kappa shape index (κ1) is 20.8. The maximum absolute atomic E-state index is 12.2. The van der Waals surface area contributed by atoms with E-state index in [1.807, 2.05) is 66.7 Å². The van der Waals surface area contributed by atoms with Crippen LogP contribution in [0.1, 0.15) is 18.4 Å². The van der Waals surface area contributed by atoms with Gasteiger partial charge in [-0.3, -0.25) is 4.79 Å². The van der Waals surface area contributed by atoms with Gasteiger partial charge in [-0.25, -0.2) is 4.98 Å². The van der Waals surface area contributed by atoms with Gasteiger partial charge >= 0.3 is 0 Å². The number of thiazole rings is 1. The largest absolute Gasteiger partial charge is 0.494 e. The quantitative estimate of drug-likeness (QED) is 0.322. The molecule has 0 saturated heterocycles. The molecule has 0 unspecified atom stereocenters. The highest BCUT2D eigenvalue weighted by molar-refractivity contribution is 7.13. The lowest BCUT2D eigenvalue weighted by Crippen LogP contribution is -2.12. The predicted octanol–water partition coefficient (Wildman–Crippen LogP) is 6.58. The molecule has 0 aliphatic heterocycles. The van der Waals surface area contributed by atoms with Crippen molar-refractivity contribution in [2.24, 2.45) is 0 Å². The van der Waals surface area contributed by atoms with Crippen LogP contribution in [0, 0.1) is 6.92 Å². The van der Waals surface area contributed by atoms with Gasteiger partial charge < -0.3 is 10.1 Å². The number of amides is 1. The fourth-order valence-corrected chi connectivity index (χ4v) is 4.15. The molecule has 156 valence electrons. The van der Waals surface area contributed by atoms with Gasteiger partial charge in [0, 0.05) is 28.6 Å². The molecule has 0 bridgehead atoms. The molecule has 0 aliphatic carbocycles. The Morgan fingerprint density at radius 1 is 0.968 bits per heavy atom. The monoisotopic (exact) mass is 428 g/mol. The Morgan fingerprint density at radius 3 is 2.48 bits per heavy atom. The van der Waals surface area contributed by atoms with Crippen molar-refractivity contribution in [3.05, 3.63) is 89.8 Å². The fourth-order valence-electron chi connectivity index (χ4n) is 3.23. The smallest absolute Gasteiger partial charge is 0.224 e. The summed E-state index contributed by atoms with van der Waals surface area (Å²) < 4.78 is 5.63. The number of carbonyl (C=O) groups excluding carboxylic acids is 1. The minimum absolute atomic E-state index is 0.0140. The Hall–Kier alpha value is -3.44. The number of aromatic nitrogens is 1. The summed E-state index contributed by atoms with van der Waals surface area (Å²) in [5.41, 5.74) is 5.14. The Labute approximate surface area is 186 Å². The SMILES string of the molecule is Cc1ccccc1-c1nc(-c2ccc(NC(=O)CCCOc3ccccc3)cc2)cs1. The van der Waals surface area contributed by atoms with Gasteiger partial charge in [-0.2, -0.15) is 0 Å². The van der Waals surface area contributed by atoms with Crippen LogP contribution in [0.5, 0.6) is 5.75 Å². The van der Waals surface area contributed by atoms with Gasteiger partial charge in [0.2, 0.25) is 5.91 Å². The van der Waals surface area contributed by atoms with Crippen LogP contribution in [0.4, 0.5) is 5.69 Å². The van der Waals surface area contributed by atoms with Gasteiger partial charge in [0.05, 0.1) is 12.3 Å². The lowest BCUT2D eigenvalue weighted by atomic mass is 10.1. The average Bonchev–Trinajstić information content (AvgIpc) is 3.28. The van der Waals surface area contributed by atoms with E-state index < -0.39 is 0 Å². The van der Waals surface area contributed by atoms with Crippen molar-refractivity contribution in [2.45, 2.75) is 19.8 Å². The van der Waals surface area contributed by atoms with E-state index >= 15 is 0 Å². The van der Waals surface area contributed by atoms with Crippen molar-refractivity contribution < 1.29 is 9.53 Å². The van der Waals surface area contributed by atoms with Crippen LogP contribution in [0.25, 0.3) is 21.8 Å². The minimum Gasteiger partial charge on any atom is -0.494 e. The Bertz CT molecular complexity index is 1140. The van der Waals surface area contributed by atoms with Gasteiger partial charge in [-0.1, -0.05) is 54.6 Å². The molecule has 1 N–H and O–H groups in total. The topological polar surface area (TPSA) is 51.2 Å². The number of nitrogens with one attached hydrogen (secondary N) is 1. The first-order chi connectivity index (χ1) is 15.2. The van der Waals surface area contributed by atoms with E-state index in [9.17, 15) is 4.79 Å². The minimum atomic E-state index is -0.0140. The second kappa shape index (κ2) is 10.0. The van der Waals surface area contributed by atoms with E-state index in [0.717, 1.165) is 27.7 Å². The van der Waals surface area contributed by atoms with Crippen molar-refractivity contribution in [2.75, 3.05) is 11.9 Å². The molecule has 0 fully saturated rings. The van der Waals surface area contributed by atoms with E-state index in [4.69, 9.17) is 9.72 Å². The van der Waals surface area contributed by atoms with Crippen molar-refractivity contribution in [3.8, 4) is 27.6 Å². The van der Waals surface area contributed by atoms with Crippen molar-refractivity contribution in [1.82, 2.24) is 4.98 Å². The second-order valence-corrected chi connectivity index (χ2v) is 8.10. The molecule has 0 spiro atoms. The maximum Gasteiger partial charge on any atom is 0.224 e. The van der Waals surface area contributed by atoms with Gasteiger partial charge in [-0.15, -0.1) is 11.3 Å². The number of aryl methyl sites for hydroxylation is 1. The fraction of sp³-hybridized carbons (Fsp3) is 0.154. The van der Waals surface area contributed by atoms with Crippen molar-refractivity contribution >= 4 is 22.9 Å². The summed E-state index contributed by atoms with van der Waals surface area (Å²) in [7, 11) is 0. The summed E-state index contributed by atoms with van der Waals surface area (Å²) in [6.45, 7) is 2.62. The van der Waals surface area contributed by atoms with Gasteiger partial charge in [0.1, 0.15) is 10.8 Å². The summed E-state index contributed by atoms with van der Waals surface area (Å²) in [5, 5.41) is 6.03. The molecule has 1 amide bonds. The number of nitrogens with zero attached hydrogens (tertiary/aromatic N) is 1. The highest BCUT2D eigenvalue weighted by Crippen LogP contribution is 2.31.